The van der Waals surface area contributed by atoms with Crippen molar-refractivity contribution in [2.24, 2.45) is 0 Å². The van der Waals surface area contributed by atoms with Crippen molar-refractivity contribution in [3.63, 3.8) is 0 Å². The third-order valence-corrected chi connectivity index (χ3v) is 6.22. The van der Waals surface area contributed by atoms with E-state index in [1.165, 1.54) is 0 Å². The van der Waals surface area contributed by atoms with Gasteiger partial charge in [0.2, 0.25) is 5.05 Å². The Kier molecular flexibility index (Phi) is 6.10. The molecule has 0 aliphatic heterocycles. The van der Waals surface area contributed by atoms with Crippen LogP contribution in [0.25, 0.3) is 11.3 Å². The Balaban J connectivity index is 1.39. The highest BCUT2D eigenvalue weighted by molar-refractivity contribution is 7.80. The summed E-state index contributed by atoms with van der Waals surface area (Å²) in [5, 5.41) is 3.05. The van der Waals surface area contributed by atoms with E-state index in [-0.39, 0.29) is 0 Å². The van der Waals surface area contributed by atoms with Crippen LogP contribution in [0, 0.1) is 6.92 Å². The van der Waals surface area contributed by atoms with Crippen LogP contribution in [-0.2, 0) is 4.84 Å². The highest BCUT2D eigenvalue weighted by Crippen LogP contribution is 2.32. The molecule has 0 spiro atoms. The van der Waals surface area contributed by atoms with Crippen molar-refractivity contribution in [2.75, 3.05) is 5.48 Å². The Morgan fingerprint density at radius 2 is 1.76 bits per heavy atom. The van der Waals surface area contributed by atoms with Crippen LogP contribution in [0.2, 0.25) is 5.02 Å². The Morgan fingerprint density at radius 1 is 1.07 bits per heavy atom. The number of thiophene rings is 1. The van der Waals surface area contributed by atoms with Gasteiger partial charge in [0.1, 0.15) is 11.5 Å². The van der Waals surface area contributed by atoms with Gasteiger partial charge in [0.05, 0.1) is 21.8 Å². The summed E-state index contributed by atoms with van der Waals surface area (Å²) in [6.07, 6.45) is 0. The number of aromatic nitrogens is 1. The summed E-state index contributed by atoms with van der Waals surface area (Å²) in [4.78, 5) is 12.1. The molecule has 146 valence electrons. The van der Waals surface area contributed by atoms with E-state index in [2.05, 4.69) is 16.5 Å². The van der Waals surface area contributed by atoms with Gasteiger partial charge in [-0.15, -0.1) is 22.7 Å². The predicted octanol–water partition coefficient (Wildman–Crippen LogP) is 7.34. The van der Waals surface area contributed by atoms with Crippen LogP contribution in [0.5, 0.6) is 11.5 Å². The number of nitrogens with one attached hydrogen (secondary N) is 1. The molecular formula is C21H15ClN2O2S3. The fourth-order valence-corrected chi connectivity index (χ4v) is 4.43. The molecule has 0 saturated heterocycles. The minimum absolute atomic E-state index is 0.382. The second kappa shape index (κ2) is 8.92. The largest absolute Gasteiger partial charge is 0.457 e. The summed E-state index contributed by atoms with van der Waals surface area (Å²) in [7, 11) is 0. The minimum Gasteiger partial charge on any atom is -0.457 e. The number of anilines is 1. The van der Waals surface area contributed by atoms with E-state index >= 15 is 0 Å². The fraction of sp³-hybridized carbons (Fsp3) is 0.0476. The summed E-state index contributed by atoms with van der Waals surface area (Å²) in [5.74, 6) is 1.43. The number of hydrogen-bond donors (Lipinski definition) is 1. The van der Waals surface area contributed by atoms with Crippen molar-refractivity contribution in [2.45, 2.75) is 6.92 Å². The second-order valence-corrected chi connectivity index (χ2v) is 8.83. The standard InChI is InChI=1S/C21H15ClN2O2S3/c1-13-10-18(19-11-28-12-23-19)20(29-13)21(27)26-24-15-4-8-17(9-5-15)25-16-6-2-14(22)3-7-16/h2-12,24H,1H3. The molecule has 0 saturated carbocycles. The van der Waals surface area contributed by atoms with E-state index < -0.39 is 0 Å². The molecule has 2 aromatic carbocycles. The number of nitrogens with zero attached hydrogens (tertiary/aromatic N) is 1. The predicted molar refractivity (Wildman–Crippen MR) is 125 cm³/mol. The lowest BCUT2D eigenvalue weighted by molar-refractivity contribution is 0.406. The average Bonchev–Trinajstić information content (AvgIpc) is 3.38. The molecule has 0 aliphatic carbocycles. The van der Waals surface area contributed by atoms with E-state index in [4.69, 9.17) is 33.4 Å². The molecule has 0 atom stereocenters. The lowest BCUT2D eigenvalue weighted by Gasteiger charge is -2.10. The molecule has 2 aromatic heterocycles. The van der Waals surface area contributed by atoms with Crippen LogP contribution in [-0.4, -0.2) is 10.0 Å². The highest BCUT2D eigenvalue weighted by atomic mass is 35.5. The number of hydrogen-bond acceptors (Lipinski definition) is 7. The molecule has 8 heteroatoms. The summed E-state index contributed by atoms with van der Waals surface area (Å²) in [6.45, 7) is 2.04. The number of thiazole rings is 1. The Hall–Kier alpha value is -2.45. The third kappa shape index (κ3) is 4.94. The molecule has 0 bridgehead atoms. The van der Waals surface area contributed by atoms with Gasteiger partial charge in [0.15, 0.2) is 0 Å². The maximum absolute atomic E-state index is 5.89. The topological polar surface area (TPSA) is 43.4 Å². The number of ether oxygens (including phenoxy) is 1. The molecule has 0 aliphatic rings. The number of aryl methyl sites for hydroxylation is 1. The molecule has 4 nitrogen and oxygen atoms in total. The average molecular weight is 459 g/mol. The van der Waals surface area contributed by atoms with Gasteiger partial charge >= 0.3 is 0 Å². The minimum atomic E-state index is 0.382. The zero-order chi connectivity index (χ0) is 20.2. The summed E-state index contributed by atoms with van der Waals surface area (Å²) in [5.41, 5.74) is 7.37. The Labute approximate surface area is 186 Å². The molecular weight excluding hydrogens is 444 g/mol. The van der Waals surface area contributed by atoms with E-state index in [1.54, 1.807) is 34.8 Å². The maximum Gasteiger partial charge on any atom is 0.236 e. The zero-order valence-corrected chi connectivity index (χ0v) is 18.4. The van der Waals surface area contributed by atoms with Crippen molar-refractivity contribution in [3.05, 3.63) is 80.3 Å². The molecule has 29 heavy (non-hydrogen) atoms. The molecule has 0 amide bonds. The van der Waals surface area contributed by atoms with Crippen molar-refractivity contribution >= 4 is 57.2 Å². The van der Waals surface area contributed by atoms with Gasteiger partial charge in [-0.25, -0.2) is 10.5 Å². The van der Waals surface area contributed by atoms with Crippen LogP contribution < -0.4 is 10.2 Å². The maximum atomic E-state index is 5.89. The van der Waals surface area contributed by atoms with Gasteiger partial charge in [-0.1, -0.05) is 11.6 Å². The van der Waals surface area contributed by atoms with Crippen molar-refractivity contribution in [3.8, 4) is 22.8 Å². The van der Waals surface area contributed by atoms with Crippen molar-refractivity contribution < 1.29 is 9.57 Å². The van der Waals surface area contributed by atoms with E-state index in [0.29, 0.717) is 15.8 Å². The first-order chi connectivity index (χ1) is 14.1. The van der Waals surface area contributed by atoms with Gasteiger partial charge < -0.3 is 9.57 Å². The Bertz CT molecular complexity index is 1110. The molecule has 1 N–H and O–H groups in total. The van der Waals surface area contributed by atoms with Gasteiger partial charge in [-0.05, 0) is 73.7 Å². The van der Waals surface area contributed by atoms with E-state index in [1.807, 2.05) is 54.2 Å². The van der Waals surface area contributed by atoms with Crippen LogP contribution in [0.4, 0.5) is 5.69 Å². The second-order valence-electron chi connectivity index (χ2n) is 6.05. The Morgan fingerprint density at radius 3 is 2.41 bits per heavy atom. The van der Waals surface area contributed by atoms with Gasteiger partial charge in [-0.2, -0.15) is 0 Å². The molecule has 4 rings (SSSR count). The summed E-state index contributed by atoms with van der Waals surface area (Å²) >= 11 is 14.5. The smallest absolute Gasteiger partial charge is 0.236 e. The highest BCUT2D eigenvalue weighted by Gasteiger charge is 2.16. The van der Waals surface area contributed by atoms with Crippen LogP contribution in [0.1, 0.15) is 9.75 Å². The van der Waals surface area contributed by atoms with Crippen LogP contribution in [0.15, 0.2) is 65.5 Å². The quantitative estimate of drug-likeness (QED) is 0.242. The van der Waals surface area contributed by atoms with Crippen molar-refractivity contribution in [1.29, 1.82) is 0 Å². The molecule has 0 unspecified atom stereocenters. The van der Waals surface area contributed by atoms with Gasteiger partial charge in [0, 0.05) is 20.8 Å². The fourth-order valence-electron chi connectivity index (χ4n) is 2.58. The molecule has 2 heterocycles. The monoisotopic (exact) mass is 458 g/mol. The SMILES string of the molecule is Cc1cc(-c2cscn2)c(C(=S)ONc2ccc(Oc3ccc(Cl)cc3)cc2)s1. The number of benzene rings is 2. The molecule has 4 aromatic rings. The number of thiocarbonyl (C=S) groups is 1. The van der Waals surface area contributed by atoms with E-state index in [9.17, 15) is 0 Å². The third-order valence-electron chi connectivity index (χ3n) is 3.91. The first kappa shape index (κ1) is 19.8. The number of rotatable bonds is 6. The molecule has 0 fully saturated rings. The van der Waals surface area contributed by atoms with Gasteiger partial charge in [-0.3, -0.25) is 0 Å². The van der Waals surface area contributed by atoms with Crippen LogP contribution in [0.3, 0.4) is 0 Å². The van der Waals surface area contributed by atoms with Crippen LogP contribution >= 0.6 is 46.5 Å². The first-order valence-electron chi connectivity index (χ1n) is 8.58. The zero-order valence-electron chi connectivity index (χ0n) is 15.2. The van der Waals surface area contributed by atoms with Gasteiger partial charge in [0.25, 0.3) is 0 Å². The normalized spacial score (nSPS) is 10.6. The van der Waals surface area contributed by atoms with Crippen molar-refractivity contribution in [1.82, 2.24) is 4.98 Å². The summed E-state index contributed by atoms with van der Waals surface area (Å²) in [6, 6.07) is 16.7. The number of halogens is 1. The van der Waals surface area contributed by atoms with E-state index in [0.717, 1.165) is 32.4 Å². The lowest BCUT2D eigenvalue weighted by Crippen LogP contribution is -2.09. The molecule has 0 radical (unpaired) electrons. The first-order valence-corrected chi connectivity index (χ1v) is 11.1. The lowest BCUT2D eigenvalue weighted by atomic mass is 10.2. The summed E-state index contributed by atoms with van der Waals surface area (Å²) < 4.78 is 5.79.